The molecular weight excluding hydrogens is 430 g/mol. The average molecular weight is 460 g/mol. The summed E-state index contributed by atoms with van der Waals surface area (Å²) in [6.07, 6.45) is 6.08. The highest BCUT2D eigenvalue weighted by atomic mass is 32.1. The smallest absolute Gasteiger partial charge is 0.226 e. The van der Waals surface area contributed by atoms with Crippen molar-refractivity contribution in [3.05, 3.63) is 65.6 Å². The van der Waals surface area contributed by atoms with Gasteiger partial charge in [-0.25, -0.2) is 4.98 Å². The normalized spacial score (nSPS) is 11.3. The first-order valence-corrected chi connectivity index (χ1v) is 12.1. The van der Waals surface area contributed by atoms with Crippen LogP contribution in [-0.4, -0.2) is 52.9 Å². The van der Waals surface area contributed by atoms with Crippen molar-refractivity contribution in [3.8, 4) is 22.4 Å². The summed E-state index contributed by atoms with van der Waals surface area (Å²) < 4.78 is 1.05. The molecule has 33 heavy (non-hydrogen) atoms. The molecule has 1 aromatic carbocycles. The minimum atomic E-state index is -0.00905. The number of hydrogen-bond donors (Lipinski definition) is 1. The van der Waals surface area contributed by atoms with E-state index in [1.165, 1.54) is 0 Å². The third-order valence-corrected chi connectivity index (χ3v) is 6.46. The Labute approximate surface area is 198 Å². The number of carbonyl (C=O) groups is 1. The Morgan fingerprint density at radius 1 is 1.09 bits per heavy atom. The van der Waals surface area contributed by atoms with Crippen LogP contribution in [0, 0.1) is 0 Å². The SMILES string of the molecule is CCNC(=O)Cc1nc2cc(-c3ccc(CCCN(C)C)nc3)cc(-c3ccccn3)c2s1. The molecule has 3 heterocycles. The molecule has 0 saturated carbocycles. The highest BCUT2D eigenvalue weighted by Gasteiger charge is 2.15. The zero-order valence-electron chi connectivity index (χ0n) is 19.3. The molecule has 170 valence electrons. The molecule has 1 N–H and O–H groups in total. The number of rotatable bonds is 9. The van der Waals surface area contributed by atoms with E-state index in [1.807, 2.05) is 31.3 Å². The van der Waals surface area contributed by atoms with Gasteiger partial charge in [0, 0.05) is 35.8 Å². The van der Waals surface area contributed by atoms with E-state index in [2.05, 4.69) is 53.6 Å². The molecule has 0 fully saturated rings. The van der Waals surface area contributed by atoms with Gasteiger partial charge < -0.3 is 10.2 Å². The number of carbonyl (C=O) groups excluding carboxylic acids is 1. The Bertz CT molecular complexity index is 1220. The number of nitrogens with zero attached hydrogens (tertiary/aromatic N) is 4. The number of fused-ring (bicyclic) bond motifs is 1. The van der Waals surface area contributed by atoms with E-state index < -0.39 is 0 Å². The number of aryl methyl sites for hydroxylation is 1. The highest BCUT2D eigenvalue weighted by Crippen LogP contribution is 2.36. The molecule has 6 nitrogen and oxygen atoms in total. The van der Waals surface area contributed by atoms with Gasteiger partial charge in [0.25, 0.3) is 0 Å². The third-order valence-electron chi connectivity index (χ3n) is 5.36. The van der Waals surface area contributed by atoms with Crippen molar-refractivity contribution in [2.75, 3.05) is 27.2 Å². The lowest BCUT2D eigenvalue weighted by Gasteiger charge is -2.09. The summed E-state index contributed by atoms with van der Waals surface area (Å²) in [6.45, 7) is 3.59. The lowest BCUT2D eigenvalue weighted by atomic mass is 10.0. The molecule has 0 bridgehead atoms. The number of nitrogens with one attached hydrogen (secondary N) is 1. The molecule has 0 atom stereocenters. The summed E-state index contributed by atoms with van der Waals surface area (Å²) in [5, 5.41) is 3.66. The van der Waals surface area contributed by atoms with Gasteiger partial charge in [-0.3, -0.25) is 14.8 Å². The Kier molecular flexibility index (Phi) is 7.42. The summed E-state index contributed by atoms with van der Waals surface area (Å²) in [4.78, 5) is 28.4. The molecule has 1 amide bonds. The van der Waals surface area contributed by atoms with E-state index in [4.69, 9.17) is 9.97 Å². The standard InChI is InChI=1S/C26H29N5OS/c1-4-27-24(32)16-25-30-23-15-19(14-21(26(23)33-25)22-9-5-6-12-28-22)18-10-11-20(29-17-18)8-7-13-31(2)3/h5-6,9-12,14-15,17H,4,7-8,13,16H2,1-3H3,(H,27,32). The molecule has 0 unspecified atom stereocenters. The van der Waals surface area contributed by atoms with Crippen LogP contribution in [0.5, 0.6) is 0 Å². The van der Waals surface area contributed by atoms with Gasteiger partial charge in [-0.05, 0) is 76.3 Å². The number of benzene rings is 1. The molecule has 4 rings (SSSR count). The topological polar surface area (TPSA) is 71.0 Å². The zero-order chi connectivity index (χ0) is 23.2. The fourth-order valence-electron chi connectivity index (χ4n) is 3.75. The lowest BCUT2D eigenvalue weighted by Crippen LogP contribution is -2.24. The first kappa shape index (κ1) is 23.0. The quantitative estimate of drug-likeness (QED) is 0.396. The monoisotopic (exact) mass is 459 g/mol. The van der Waals surface area contributed by atoms with Crippen LogP contribution in [0.4, 0.5) is 0 Å². The summed E-state index contributed by atoms with van der Waals surface area (Å²) in [6, 6.07) is 14.4. The molecule has 0 aliphatic carbocycles. The fraction of sp³-hybridized carbons (Fsp3) is 0.308. The van der Waals surface area contributed by atoms with Crippen LogP contribution >= 0.6 is 11.3 Å². The van der Waals surface area contributed by atoms with Gasteiger partial charge in [-0.2, -0.15) is 0 Å². The van der Waals surface area contributed by atoms with Crippen LogP contribution < -0.4 is 5.32 Å². The first-order chi connectivity index (χ1) is 16.0. The molecule has 7 heteroatoms. The van der Waals surface area contributed by atoms with Gasteiger partial charge >= 0.3 is 0 Å². The van der Waals surface area contributed by atoms with Crippen LogP contribution in [0.25, 0.3) is 32.6 Å². The van der Waals surface area contributed by atoms with Crippen LogP contribution in [0.3, 0.4) is 0 Å². The molecule has 0 saturated heterocycles. The lowest BCUT2D eigenvalue weighted by molar-refractivity contribution is -0.120. The van der Waals surface area contributed by atoms with Gasteiger partial charge in [-0.1, -0.05) is 12.1 Å². The van der Waals surface area contributed by atoms with E-state index in [1.54, 1.807) is 17.5 Å². The molecule has 3 aromatic heterocycles. The van der Waals surface area contributed by atoms with Crippen molar-refractivity contribution >= 4 is 27.5 Å². The molecule has 0 aliphatic heterocycles. The molecular formula is C26H29N5OS. The second kappa shape index (κ2) is 10.6. The Morgan fingerprint density at radius 2 is 1.97 bits per heavy atom. The second-order valence-corrected chi connectivity index (χ2v) is 9.35. The summed E-state index contributed by atoms with van der Waals surface area (Å²) in [5.41, 5.74) is 6.00. The van der Waals surface area contributed by atoms with Crippen molar-refractivity contribution in [2.24, 2.45) is 0 Å². The minimum Gasteiger partial charge on any atom is -0.356 e. The van der Waals surface area contributed by atoms with E-state index >= 15 is 0 Å². The van der Waals surface area contributed by atoms with E-state index in [-0.39, 0.29) is 12.3 Å². The van der Waals surface area contributed by atoms with E-state index in [9.17, 15) is 4.79 Å². The van der Waals surface area contributed by atoms with Crippen LogP contribution in [0.2, 0.25) is 0 Å². The van der Waals surface area contributed by atoms with Crippen molar-refractivity contribution in [3.63, 3.8) is 0 Å². The maximum atomic E-state index is 12.1. The second-order valence-electron chi connectivity index (χ2n) is 8.27. The van der Waals surface area contributed by atoms with Crippen LogP contribution in [0.1, 0.15) is 24.0 Å². The van der Waals surface area contributed by atoms with Gasteiger partial charge in [0.15, 0.2) is 0 Å². The largest absolute Gasteiger partial charge is 0.356 e. The van der Waals surface area contributed by atoms with Gasteiger partial charge in [-0.15, -0.1) is 11.3 Å². The summed E-state index contributed by atoms with van der Waals surface area (Å²) in [5.74, 6) is -0.00905. The van der Waals surface area contributed by atoms with Crippen molar-refractivity contribution < 1.29 is 4.79 Å². The fourth-order valence-corrected chi connectivity index (χ4v) is 4.82. The van der Waals surface area contributed by atoms with Gasteiger partial charge in [0.1, 0.15) is 5.01 Å². The number of pyridine rings is 2. The van der Waals surface area contributed by atoms with Crippen molar-refractivity contribution in [1.82, 2.24) is 25.2 Å². The minimum absolute atomic E-state index is 0.00905. The van der Waals surface area contributed by atoms with E-state index in [0.29, 0.717) is 6.54 Å². The maximum Gasteiger partial charge on any atom is 0.226 e. The number of aromatic nitrogens is 3. The van der Waals surface area contributed by atoms with Crippen molar-refractivity contribution in [2.45, 2.75) is 26.2 Å². The molecule has 4 aromatic rings. The number of thiazole rings is 1. The Balaban J connectivity index is 1.69. The maximum absolute atomic E-state index is 12.1. The molecule has 0 aliphatic rings. The number of likely N-dealkylation sites (N-methyl/N-ethyl adjacent to an activating group) is 1. The van der Waals surface area contributed by atoms with Crippen molar-refractivity contribution in [1.29, 1.82) is 0 Å². The number of amides is 1. The average Bonchev–Trinajstić information content (AvgIpc) is 3.21. The van der Waals surface area contributed by atoms with E-state index in [0.717, 1.165) is 62.7 Å². The third kappa shape index (κ3) is 5.80. The van der Waals surface area contributed by atoms with Gasteiger partial charge in [0.2, 0.25) is 5.91 Å². The van der Waals surface area contributed by atoms with Crippen LogP contribution in [0.15, 0.2) is 54.9 Å². The zero-order valence-corrected chi connectivity index (χ0v) is 20.2. The predicted molar refractivity (Wildman–Crippen MR) is 135 cm³/mol. The Morgan fingerprint density at radius 3 is 2.67 bits per heavy atom. The van der Waals surface area contributed by atoms with Gasteiger partial charge in [0.05, 0.1) is 22.3 Å². The molecule has 0 spiro atoms. The summed E-state index contributed by atoms with van der Waals surface area (Å²) in [7, 11) is 4.18. The number of hydrogen-bond acceptors (Lipinski definition) is 6. The Hall–Kier alpha value is -3.16. The first-order valence-electron chi connectivity index (χ1n) is 11.2. The molecule has 0 radical (unpaired) electrons. The summed E-state index contributed by atoms with van der Waals surface area (Å²) >= 11 is 1.56. The predicted octanol–water partition coefficient (Wildman–Crippen LogP) is 4.59. The van der Waals surface area contributed by atoms with Crippen LogP contribution in [-0.2, 0) is 17.6 Å². The highest BCUT2D eigenvalue weighted by molar-refractivity contribution is 7.19.